The molecule has 0 spiro atoms. The summed E-state index contributed by atoms with van der Waals surface area (Å²) in [7, 11) is 0. The second kappa shape index (κ2) is 15.4. The highest BCUT2D eigenvalue weighted by Crippen LogP contribution is 2.13. The van der Waals surface area contributed by atoms with Crippen LogP contribution in [-0.4, -0.2) is 70.1 Å². The molecule has 0 aliphatic rings. The minimum Gasteiger partial charge on any atom is -0.508 e. The zero-order valence-corrected chi connectivity index (χ0v) is 22.4. The number of hydrogen-bond acceptors (Lipinski definition) is 7. The van der Waals surface area contributed by atoms with E-state index in [0.717, 1.165) is 0 Å². The average molecular weight is 525 g/mol. The van der Waals surface area contributed by atoms with E-state index in [4.69, 9.17) is 5.73 Å². The molecule has 0 heterocycles. The van der Waals surface area contributed by atoms with Crippen LogP contribution in [0.1, 0.15) is 46.1 Å². The van der Waals surface area contributed by atoms with Crippen LogP contribution in [0.5, 0.6) is 5.75 Å². The third kappa shape index (κ3) is 10.9. The van der Waals surface area contributed by atoms with Crippen molar-refractivity contribution in [3.8, 4) is 5.75 Å². The Bertz CT molecular complexity index is 878. The summed E-state index contributed by atoms with van der Waals surface area (Å²) in [5, 5.41) is 26.9. The first-order valence-corrected chi connectivity index (χ1v) is 13.4. The van der Waals surface area contributed by atoms with Crippen molar-refractivity contribution in [3.63, 3.8) is 0 Å². The van der Waals surface area contributed by atoms with E-state index in [1.807, 2.05) is 20.1 Å². The molecule has 0 aromatic heterocycles. The zero-order valence-electron chi connectivity index (χ0n) is 21.6. The summed E-state index contributed by atoms with van der Waals surface area (Å²) in [5.74, 6) is -2.36. The third-order valence-corrected chi connectivity index (χ3v) is 6.24. The van der Waals surface area contributed by atoms with Crippen molar-refractivity contribution in [1.29, 1.82) is 0 Å². The molecule has 4 unspecified atom stereocenters. The van der Waals surface area contributed by atoms with Crippen LogP contribution in [0.25, 0.3) is 0 Å². The maximum atomic E-state index is 13.3. The van der Waals surface area contributed by atoms with Crippen molar-refractivity contribution in [2.45, 2.75) is 71.1 Å². The predicted octanol–water partition coefficient (Wildman–Crippen LogP) is 1.26. The number of nitrogens with one attached hydrogen (secondary N) is 3. The largest absolute Gasteiger partial charge is 0.508 e. The molecular formula is C25H40N4O6S. The van der Waals surface area contributed by atoms with Gasteiger partial charge in [0.15, 0.2) is 0 Å². The highest BCUT2D eigenvalue weighted by atomic mass is 32.2. The minimum atomic E-state index is -1.15. The van der Waals surface area contributed by atoms with Crippen molar-refractivity contribution >= 4 is 35.5 Å². The minimum absolute atomic E-state index is 0.0232. The Kier molecular flexibility index (Phi) is 13.3. The number of nitrogens with two attached hydrogens (primary N) is 1. The number of hydrogen-bond donors (Lipinski definition) is 6. The van der Waals surface area contributed by atoms with Gasteiger partial charge in [0, 0.05) is 6.42 Å². The van der Waals surface area contributed by atoms with Gasteiger partial charge in [-0.2, -0.15) is 11.8 Å². The van der Waals surface area contributed by atoms with Gasteiger partial charge in [-0.05, 0) is 54.4 Å². The molecule has 0 saturated carbocycles. The van der Waals surface area contributed by atoms with Crippen LogP contribution in [-0.2, 0) is 25.6 Å². The molecule has 0 aliphatic heterocycles. The Morgan fingerprint density at radius 1 is 0.889 bits per heavy atom. The fraction of sp³-hybridized carbons (Fsp3) is 0.600. The zero-order chi connectivity index (χ0) is 27.4. The van der Waals surface area contributed by atoms with Gasteiger partial charge in [0.25, 0.3) is 0 Å². The van der Waals surface area contributed by atoms with Crippen molar-refractivity contribution in [2.75, 3.05) is 12.0 Å². The summed E-state index contributed by atoms with van der Waals surface area (Å²) in [6, 6.07) is 2.27. The van der Waals surface area contributed by atoms with Gasteiger partial charge in [0.2, 0.25) is 17.7 Å². The Hall–Kier alpha value is -2.79. The summed E-state index contributed by atoms with van der Waals surface area (Å²) >= 11 is 1.47. The molecule has 0 saturated heterocycles. The number of carbonyl (C=O) groups is 4. The quantitative estimate of drug-likeness (QED) is 0.199. The number of phenols is 1. The first kappa shape index (κ1) is 31.2. The number of aliphatic carboxylic acids is 1. The third-order valence-electron chi connectivity index (χ3n) is 5.60. The van der Waals surface area contributed by atoms with E-state index in [9.17, 15) is 29.4 Å². The first-order valence-electron chi connectivity index (χ1n) is 12.0. The van der Waals surface area contributed by atoms with Gasteiger partial charge in [-0.3, -0.25) is 14.4 Å². The molecule has 1 rings (SSSR count). The maximum absolute atomic E-state index is 13.3. The fourth-order valence-electron chi connectivity index (χ4n) is 3.39. The Labute approximate surface area is 217 Å². The molecule has 0 fully saturated rings. The number of carboxylic acids is 1. The van der Waals surface area contributed by atoms with Crippen LogP contribution in [0.2, 0.25) is 0 Å². The predicted molar refractivity (Wildman–Crippen MR) is 141 cm³/mol. The topological polar surface area (TPSA) is 171 Å². The molecule has 7 N–H and O–H groups in total. The first-order chi connectivity index (χ1) is 16.8. The van der Waals surface area contributed by atoms with Gasteiger partial charge in [-0.1, -0.05) is 39.8 Å². The monoisotopic (exact) mass is 524 g/mol. The van der Waals surface area contributed by atoms with Crippen LogP contribution in [0.3, 0.4) is 0 Å². The van der Waals surface area contributed by atoms with E-state index in [1.54, 1.807) is 26.0 Å². The van der Waals surface area contributed by atoms with E-state index < -0.39 is 47.9 Å². The lowest BCUT2D eigenvalue weighted by Crippen LogP contribution is -2.58. The Morgan fingerprint density at radius 2 is 1.42 bits per heavy atom. The summed E-state index contributed by atoms with van der Waals surface area (Å²) in [5.41, 5.74) is 6.64. The van der Waals surface area contributed by atoms with Crippen molar-refractivity contribution in [1.82, 2.24) is 16.0 Å². The van der Waals surface area contributed by atoms with Crippen LogP contribution >= 0.6 is 11.8 Å². The molecule has 0 radical (unpaired) electrons. The van der Waals surface area contributed by atoms with Gasteiger partial charge in [-0.25, -0.2) is 4.79 Å². The van der Waals surface area contributed by atoms with Gasteiger partial charge < -0.3 is 31.9 Å². The molecule has 0 bridgehead atoms. The normalized spacial score (nSPS) is 14.6. The number of phenolic OH excluding ortho intramolecular Hbond substituents is 1. The molecule has 36 heavy (non-hydrogen) atoms. The number of thioether (sulfide) groups is 1. The standard InChI is InChI=1S/C25H40N4O6S/c1-14(2)12-19(22(31)27-18(25(34)35)10-11-36-5)28-23(32)20(29-24(33)21(26)15(3)4)13-16-6-8-17(30)9-7-16/h6-9,14-15,18-21,30H,10-13,26H2,1-5H3,(H,27,31)(H,28,32)(H,29,33)(H,34,35). The molecule has 1 aromatic carbocycles. The second-order valence-electron chi connectivity index (χ2n) is 9.57. The van der Waals surface area contributed by atoms with Crippen LogP contribution in [0.4, 0.5) is 0 Å². The Balaban J connectivity index is 3.12. The fourth-order valence-corrected chi connectivity index (χ4v) is 3.86. The number of aromatic hydroxyl groups is 1. The number of benzene rings is 1. The van der Waals surface area contributed by atoms with Gasteiger partial charge in [0.05, 0.1) is 6.04 Å². The number of amides is 3. The molecule has 3 amide bonds. The molecule has 10 nitrogen and oxygen atoms in total. The summed E-state index contributed by atoms with van der Waals surface area (Å²) in [4.78, 5) is 50.6. The van der Waals surface area contributed by atoms with E-state index in [0.29, 0.717) is 11.3 Å². The molecule has 0 aliphatic carbocycles. The number of rotatable bonds is 15. The van der Waals surface area contributed by atoms with E-state index >= 15 is 0 Å². The molecule has 202 valence electrons. The van der Waals surface area contributed by atoms with Crippen LogP contribution in [0, 0.1) is 11.8 Å². The molecule has 1 aromatic rings. The Morgan fingerprint density at radius 3 is 1.92 bits per heavy atom. The summed E-state index contributed by atoms with van der Waals surface area (Å²) in [6.07, 6.45) is 2.47. The molecule has 11 heteroatoms. The molecule has 4 atom stereocenters. The van der Waals surface area contributed by atoms with Gasteiger partial charge in [-0.15, -0.1) is 0 Å². The van der Waals surface area contributed by atoms with Crippen molar-refractivity contribution < 1.29 is 29.4 Å². The highest BCUT2D eigenvalue weighted by molar-refractivity contribution is 7.98. The van der Waals surface area contributed by atoms with Gasteiger partial charge in [0.1, 0.15) is 23.9 Å². The average Bonchev–Trinajstić information content (AvgIpc) is 2.80. The summed E-state index contributed by atoms with van der Waals surface area (Å²) < 4.78 is 0. The number of carbonyl (C=O) groups excluding carboxylic acids is 3. The lowest BCUT2D eigenvalue weighted by Gasteiger charge is -2.26. The summed E-state index contributed by atoms with van der Waals surface area (Å²) in [6.45, 7) is 7.34. The van der Waals surface area contributed by atoms with E-state index in [2.05, 4.69) is 16.0 Å². The maximum Gasteiger partial charge on any atom is 0.326 e. The van der Waals surface area contributed by atoms with E-state index in [1.165, 1.54) is 23.9 Å². The van der Waals surface area contributed by atoms with Gasteiger partial charge >= 0.3 is 5.97 Å². The van der Waals surface area contributed by atoms with E-state index in [-0.39, 0.29) is 36.8 Å². The number of carboxylic acid groups (broad SMARTS) is 1. The molecular weight excluding hydrogens is 484 g/mol. The SMILES string of the molecule is CSCCC(NC(=O)C(CC(C)C)NC(=O)C(Cc1ccc(O)cc1)NC(=O)C(N)C(C)C)C(=O)O. The highest BCUT2D eigenvalue weighted by Gasteiger charge is 2.31. The van der Waals surface area contributed by atoms with Crippen molar-refractivity contribution in [2.24, 2.45) is 17.6 Å². The smallest absolute Gasteiger partial charge is 0.326 e. The van der Waals surface area contributed by atoms with Crippen molar-refractivity contribution in [3.05, 3.63) is 29.8 Å². The lowest BCUT2D eigenvalue weighted by atomic mass is 9.99. The van der Waals surface area contributed by atoms with Crippen LogP contribution < -0.4 is 21.7 Å². The lowest BCUT2D eigenvalue weighted by molar-refractivity contribution is -0.142. The van der Waals surface area contributed by atoms with Crippen LogP contribution in [0.15, 0.2) is 24.3 Å². The second-order valence-corrected chi connectivity index (χ2v) is 10.6.